The van der Waals surface area contributed by atoms with Crippen LogP contribution < -0.4 is 5.32 Å². The number of ether oxygens (including phenoxy) is 2. The van der Waals surface area contributed by atoms with Crippen LogP contribution in [-0.4, -0.2) is 25.7 Å². The molecule has 1 amide bonds. The van der Waals surface area contributed by atoms with E-state index in [1.165, 1.54) is 7.11 Å². The maximum Gasteiger partial charge on any atom is 0.407 e. The van der Waals surface area contributed by atoms with Gasteiger partial charge < -0.3 is 14.8 Å². The summed E-state index contributed by atoms with van der Waals surface area (Å²) < 4.78 is 10.4. The van der Waals surface area contributed by atoms with Gasteiger partial charge in [-0.25, -0.2) is 4.79 Å². The predicted molar refractivity (Wildman–Crippen MR) is 113 cm³/mol. The fraction of sp³-hybridized carbons (Fsp3) is 0.333. The molecule has 3 rings (SSSR count). The molecule has 0 aliphatic heterocycles. The zero-order chi connectivity index (χ0) is 20.5. The van der Waals surface area contributed by atoms with Gasteiger partial charge in [0.1, 0.15) is 6.10 Å². The van der Waals surface area contributed by atoms with Gasteiger partial charge in [-0.3, -0.25) is 4.79 Å². The summed E-state index contributed by atoms with van der Waals surface area (Å²) in [7, 11) is 1.39. The highest BCUT2D eigenvalue weighted by Crippen LogP contribution is 2.31. The summed E-state index contributed by atoms with van der Waals surface area (Å²) in [6.45, 7) is 0.519. The Balaban J connectivity index is 1.58. The molecule has 1 unspecified atom stereocenters. The van der Waals surface area contributed by atoms with E-state index >= 15 is 0 Å². The molecule has 0 saturated carbocycles. The molecule has 0 heterocycles. The minimum Gasteiger partial charge on any atom is -0.469 e. The molecule has 0 aromatic heterocycles. The van der Waals surface area contributed by atoms with Crippen LogP contribution in [0.2, 0.25) is 0 Å². The third-order valence-electron chi connectivity index (χ3n) is 5.05. The lowest BCUT2D eigenvalue weighted by atomic mass is 9.91. The van der Waals surface area contributed by atoms with Crippen molar-refractivity contribution < 1.29 is 19.1 Å². The molecule has 2 aromatic rings. The SMILES string of the molecule is COC(=O)CCCCCNC(=O)OC1Cc2ccccc2C=Cc2ccccc21. The van der Waals surface area contributed by atoms with Crippen molar-refractivity contribution in [2.24, 2.45) is 0 Å². The Morgan fingerprint density at radius 1 is 0.966 bits per heavy atom. The molecule has 0 fully saturated rings. The zero-order valence-electron chi connectivity index (χ0n) is 16.7. The number of esters is 1. The molecule has 1 N–H and O–H groups in total. The van der Waals surface area contributed by atoms with Crippen molar-refractivity contribution in [3.05, 3.63) is 70.8 Å². The highest BCUT2D eigenvalue weighted by Gasteiger charge is 2.22. The average molecular weight is 393 g/mol. The van der Waals surface area contributed by atoms with E-state index in [1.54, 1.807) is 0 Å². The highest BCUT2D eigenvalue weighted by atomic mass is 16.6. The fourth-order valence-corrected chi connectivity index (χ4v) is 3.47. The lowest BCUT2D eigenvalue weighted by Gasteiger charge is -2.23. The first-order chi connectivity index (χ1) is 14.2. The van der Waals surface area contributed by atoms with E-state index in [-0.39, 0.29) is 12.1 Å². The molecule has 0 radical (unpaired) electrons. The standard InChI is InChI=1S/C24H27NO4/c1-28-23(26)13-3-2-8-16-25-24(27)29-22-17-20-11-5-4-9-18(20)14-15-19-10-6-7-12-21(19)22/h4-7,9-12,14-15,22H,2-3,8,13,16-17H2,1H3,(H,25,27). The number of rotatable bonds is 7. The van der Waals surface area contributed by atoms with Crippen molar-refractivity contribution in [3.8, 4) is 0 Å². The highest BCUT2D eigenvalue weighted by molar-refractivity contribution is 5.74. The first kappa shape index (κ1) is 20.6. The Kier molecular flexibility index (Phi) is 7.45. The molecule has 5 nitrogen and oxygen atoms in total. The van der Waals surface area contributed by atoms with Crippen LogP contribution >= 0.6 is 0 Å². The van der Waals surface area contributed by atoms with Gasteiger partial charge in [0.05, 0.1) is 7.11 Å². The zero-order valence-corrected chi connectivity index (χ0v) is 16.7. The van der Waals surface area contributed by atoms with Crippen molar-refractivity contribution >= 4 is 24.2 Å². The lowest BCUT2D eigenvalue weighted by Crippen LogP contribution is -2.28. The molecule has 5 heteroatoms. The lowest BCUT2D eigenvalue weighted by molar-refractivity contribution is -0.140. The monoisotopic (exact) mass is 393 g/mol. The number of methoxy groups -OCH3 is 1. The predicted octanol–water partition coefficient (Wildman–Crippen LogP) is 4.91. The van der Waals surface area contributed by atoms with Gasteiger partial charge in [0, 0.05) is 24.9 Å². The van der Waals surface area contributed by atoms with E-state index in [1.807, 2.05) is 36.4 Å². The molecule has 0 saturated heterocycles. The van der Waals surface area contributed by atoms with Crippen LogP contribution in [0.15, 0.2) is 48.5 Å². The molecule has 1 atom stereocenters. The summed E-state index contributed by atoms with van der Waals surface area (Å²) in [6.07, 6.45) is 6.84. The number of carbonyl (C=O) groups excluding carboxylic acids is 2. The van der Waals surface area contributed by atoms with Gasteiger partial charge in [-0.15, -0.1) is 0 Å². The number of amides is 1. The quantitative estimate of drug-likeness (QED) is 0.536. The van der Waals surface area contributed by atoms with E-state index in [2.05, 4.69) is 34.3 Å². The van der Waals surface area contributed by atoms with Crippen LogP contribution in [0.4, 0.5) is 4.79 Å². The second-order valence-electron chi connectivity index (χ2n) is 7.07. The van der Waals surface area contributed by atoms with Crippen LogP contribution in [0.3, 0.4) is 0 Å². The number of nitrogens with one attached hydrogen (secondary N) is 1. The summed E-state index contributed by atoms with van der Waals surface area (Å²) in [5, 5.41) is 2.83. The molecule has 1 aliphatic carbocycles. The smallest absolute Gasteiger partial charge is 0.407 e. The molecule has 29 heavy (non-hydrogen) atoms. The second kappa shape index (κ2) is 10.5. The normalized spacial score (nSPS) is 14.7. The maximum absolute atomic E-state index is 12.4. The summed E-state index contributed by atoms with van der Waals surface area (Å²) in [5.74, 6) is -0.199. The van der Waals surface area contributed by atoms with Gasteiger partial charge in [0.15, 0.2) is 0 Å². The topological polar surface area (TPSA) is 64.6 Å². The Morgan fingerprint density at radius 2 is 1.69 bits per heavy atom. The first-order valence-corrected chi connectivity index (χ1v) is 10.0. The molecule has 1 aliphatic rings. The van der Waals surface area contributed by atoms with Gasteiger partial charge in [-0.1, -0.05) is 67.1 Å². The summed E-state index contributed by atoms with van der Waals surface area (Å²) >= 11 is 0. The molecule has 0 spiro atoms. The fourth-order valence-electron chi connectivity index (χ4n) is 3.47. The van der Waals surface area contributed by atoms with E-state index in [4.69, 9.17) is 4.74 Å². The van der Waals surface area contributed by atoms with Gasteiger partial charge in [0.2, 0.25) is 0 Å². The average Bonchev–Trinajstić information content (AvgIpc) is 2.73. The molecule has 0 bridgehead atoms. The summed E-state index contributed by atoms with van der Waals surface area (Å²) in [5.41, 5.74) is 4.36. The van der Waals surface area contributed by atoms with Crippen LogP contribution in [-0.2, 0) is 20.7 Å². The largest absolute Gasteiger partial charge is 0.469 e. The van der Waals surface area contributed by atoms with Gasteiger partial charge in [-0.05, 0) is 29.5 Å². The minimum absolute atomic E-state index is 0.199. The number of benzene rings is 2. The first-order valence-electron chi connectivity index (χ1n) is 10.0. The molecular weight excluding hydrogens is 366 g/mol. The Morgan fingerprint density at radius 3 is 2.52 bits per heavy atom. The number of carbonyl (C=O) groups is 2. The third-order valence-corrected chi connectivity index (χ3v) is 5.05. The summed E-state index contributed by atoms with van der Waals surface area (Å²) in [6, 6.07) is 16.2. The van der Waals surface area contributed by atoms with Gasteiger partial charge >= 0.3 is 12.1 Å². The maximum atomic E-state index is 12.4. The van der Waals surface area contributed by atoms with Crippen molar-refractivity contribution in [2.45, 2.75) is 38.2 Å². The van der Waals surface area contributed by atoms with Crippen LogP contribution in [0, 0.1) is 0 Å². The molecule has 152 valence electrons. The van der Waals surface area contributed by atoms with Crippen molar-refractivity contribution in [1.82, 2.24) is 5.32 Å². The van der Waals surface area contributed by atoms with Gasteiger partial charge in [0.25, 0.3) is 0 Å². The Labute approximate surface area is 171 Å². The van der Waals surface area contributed by atoms with Crippen molar-refractivity contribution in [3.63, 3.8) is 0 Å². The van der Waals surface area contributed by atoms with Crippen LogP contribution in [0.25, 0.3) is 12.2 Å². The third kappa shape index (κ3) is 5.95. The van der Waals surface area contributed by atoms with Crippen LogP contribution in [0.5, 0.6) is 0 Å². The van der Waals surface area contributed by atoms with Crippen molar-refractivity contribution in [2.75, 3.05) is 13.7 Å². The van der Waals surface area contributed by atoms with E-state index in [0.29, 0.717) is 19.4 Å². The minimum atomic E-state index is -0.417. The van der Waals surface area contributed by atoms with E-state index in [0.717, 1.165) is 41.5 Å². The number of fused-ring (bicyclic) bond motifs is 2. The Bertz CT molecular complexity index is 875. The number of unbranched alkanes of at least 4 members (excludes halogenated alkanes) is 2. The molecule has 2 aromatic carbocycles. The molecular formula is C24H27NO4. The number of alkyl carbamates (subject to hydrolysis) is 1. The Hall–Kier alpha value is -3.08. The number of hydrogen-bond donors (Lipinski definition) is 1. The summed E-state index contributed by atoms with van der Waals surface area (Å²) in [4.78, 5) is 23.5. The van der Waals surface area contributed by atoms with E-state index < -0.39 is 6.09 Å². The second-order valence-corrected chi connectivity index (χ2v) is 7.07. The van der Waals surface area contributed by atoms with Crippen molar-refractivity contribution in [1.29, 1.82) is 0 Å². The van der Waals surface area contributed by atoms with Crippen LogP contribution in [0.1, 0.15) is 54.0 Å². The number of hydrogen-bond acceptors (Lipinski definition) is 4. The van der Waals surface area contributed by atoms with Gasteiger partial charge in [-0.2, -0.15) is 0 Å². The van der Waals surface area contributed by atoms with E-state index in [9.17, 15) is 9.59 Å².